The molecule has 1 atom stereocenters. The van der Waals surface area contributed by atoms with Crippen molar-refractivity contribution in [3.63, 3.8) is 0 Å². The molecule has 7 nitrogen and oxygen atoms in total. The van der Waals surface area contributed by atoms with E-state index in [0.717, 1.165) is 0 Å². The lowest BCUT2D eigenvalue weighted by Gasteiger charge is -2.28. The van der Waals surface area contributed by atoms with Gasteiger partial charge in [0.1, 0.15) is 0 Å². The molecule has 19 heavy (non-hydrogen) atoms. The van der Waals surface area contributed by atoms with Gasteiger partial charge in [-0.2, -0.15) is 4.98 Å². The third-order valence-electron chi connectivity index (χ3n) is 3.36. The van der Waals surface area contributed by atoms with Crippen molar-refractivity contribution in [3.05, 3.63) is 12.2 Å². The van der Waals surface area contributed by atoms with Gasteiger partial charge < -0.3 is 14.9 Å². The maximum atomic E-state index is 11.8. The van der Waals surface area contributed by atoms with Crippen molar-refractivity contribution < 1.29 is 19.2 Å². The average molecular weight is 269 g/mol. The Kier molecular flexibility index (Phi) is 5.02. The molecule has 1 aromatic heterocycles. The molecular weight excluding hydrogens is 250 g/mol. The van der Waals surface area contributed by atoms with Gasteiger partial charge in [-0.05, 0) is 12.8 Å². The quantitative estimate of drug-likeness (QED) is 0.760. The van der Waals surface area contributed by atoms with E-state index in [1.807, 2.05) is 0 Å². The van der Waals surface area contributed by atoms with Crippen molar-refractivity contribution in [1.29, 1.82) is 0 Å². The lowest BCUT2D eigenvalue weighted by molar-refractivity contribution is -0.153. The van der Waals surface area contributed by atoms with Crippen molar-refractivity contribution in [2.75, 3.05) is 6.54 Å². The Balaban J connectivity index is 2.43. The minimum Gasteiger partial charge on any atom is -0.481 e. The van der Waals surface area contributed by atoms with Crippen LogP contribution in [0.1, 0.15) is 33.1 Å². The summed E-state index contributed by atoms with van der Waals surface area (Å²) in [5.74, 6) is -0.954. The van der Waals surface area contributed by atoms with Crippen LogP contribution in [0.3, 0.4) is 0 Å². The summed E-state index contributed by atoms with van der Waals surface area (Å²) in [6.07, 6.45) is 1.67. The van der Waals surface area contributed by atoms with Gasteiger partial charge in [-0.1, -0.05) is 19.0 Å². The number of rotatable bonds is 7. The smallest absolute Gasteiger partial charge is 0.310 e. The molecule has 106 valence electrons. The van der Waals surface area contributed by atoms with Gasteiger partial charge in [-0.15, -0.1) is 0 Å². The van der Waals surface area contributed by atoms with E-state index in [4.69, 9.17) is 4.52 Å². The molecule has 2 N–H and O–H groups in total. The molecular formula is C12H19N3O4. The molecule has 0 fully saturated rings. The number of carboxylic acids is 1. The first kappa shape index (κ1) is 15.1. The zero-order valence-corrected chi connectivity index (χ0v) is 11.3. The molecule has 1 unspecified atom stereocenters. The summed E-state index contributed by atoms with van der Waals surface area (Å²) in [4.78, 5) is 26.8. The van der Waals surface area contributed by atoms with E-state index in [1.165, 1.54) is 6.33 Å². The lowest BCUT2D eigenvalue weighted by Crippen LogP contribution is -2.39. The van der Waals surface area contributed by atoms with Crippen molar-refractivity contribution in [2.45, 2.75) is 33.6 Å². The Morgan fingerprint density at radius 2 is 2.21 bits per heavy atom. The molecule has 1 heterocycles. The van der Waals surface area contributed by atoms with Crippen LogP contribution >= 0.6 is 0 Å². The Labute approximate surface area is 111 Å². The van der Waals surface area contributed by atoms with Crippen LogP contribution in [0.15, 0.2) is 10.9 Å². The van der Waals surface area contributed by atoms with Crippen molar-refractivity contribution in [3.8, 4) is 0 Å². The van der Waals surface area contributed by atoms with E-state index >= 15 is 0 Å². The summed E-state index contributed by atoms with van der Waals surface area (Å²) >= 11 is 0. The largest absolute Gasteiger partial charge is 0.481 e. The molecule has 0 aliphatic carbocycles. The zero-order chi connectivity index (χ0) is 14.5. The highest BCUT2D eigenvalue weighted by Crippen LogP contribution is 2.31. The number of aromatic nitrogens is 2. The normalized spacial score (nSPS) is 14.1. The van der Waals surface area contributed by atoms with Gasteiger partial charge in [0, 0.05) is 19.4 Å². The van der Waals surface area contributed by atoms with Crippen LogP contribution < -0.4 is 5.32 Å². The lowest BCUT2D eigenvalue weighted by atomic mass is 9.76. The van der Waals surface area contributed by atoms with E-state index in [9.17, 15) is 14.7 Å². The third-order valence-corrected chi connectivity index (χ3v) is 3.36. The predicted molar refractivity (Wildman–Crippen MR) is 66.2 cm³/mol. The molecule has 0 bridgehead atoms. The standard InChI is InChI=1S/C12H19N3O4/c1-8(2)12(3,11(17)18)6-9(16)13-5-4-10-14-7-15-19-10/h7-8H,4-6H2,1-3H3,(H,13,16)(H,17,18). The fourth-order valence-electron chi connectivity index (χ4n) is 1.54. The van der Waals surface area contributed by atoms with E-state index < -0.39 is 11.4 Å². The number of amides is 1. The molecule has 1 amide bonds. The molecule has 0 radical (unpaired) electrons. The number of carbonyl (C=O) groups is 2. The summed E-state index contributed by atoms with van der Waals surface area (Å²) in [7, 11) is 0. The molecule has 0 saturated heterocycles. The predicted octanol–water partition coefficient (Wildman–Crippen LogP) is 0.865. The molecule has 1 aromatic rings. The van der Waals surface area contributed by atoms with Gasteiger partial charge in [0.25, 0.3) is 0 Å². The zero-order valence-electron chi connectivity index (χ0n) is 11.3. The van der Waals surface area contributed by atoms with Crippen LogP contribution in [0.4, 0.5) is 0 Å². The van der Waals surface area contributed by atoms with Crippen LogP contribution in [-0.2, 0) is 16.0 Å². The molecule has 7 heteroatoms. The van der Waals surface area contributed by atoms with Crippen molar-refractivity contribution in [2.24, 2.45) is 11.3 Å². The molecule has 1 rings (SSSR count). The van der Waals surface area contributed by atoms with Crippen LogP contribution in [-0.4, -0.2) is 33.7 Å². The maximum absolute atomic E-state index is 11.8. The number of carbonyl (C=O) groups excluding carboxylic acids is 1. The molecule has 0 spiro atoms. The SMILES string of the molecule is CC(C)C(C)(CC(=O)NCCc1ncno1)C(=O)O. The number of hydrogen-bond acceptors (Lipinski definition) is 5. The number of nitrogens with zero attached hydrogens (tertiary/aromatic N) is 2. The molecule has 0 aliphatic heterocycles. The molecule has 0 aliphatic rings. The number of hydrogen-bond donors (Lipinski definition) is 2. The van der Waals surface area contributed by atoms with Gasteiger partial charge >= 0.3 is 5.97 Å². The topological polar surface area (TPSA) is 105 Å². The highest BCUT2D eigenvalue weighted by atomic mass is 16.5. The van der Waals surface area contributed by atoms with Crippen LogP contribution in [0.2, 0.25) is 0 Å². The van der Waals surface area contributed by atoms with E-state index in [1.54, 1.807) is 20.8 Å². The van der Waals surface area contributed by atoms with E-state index in [2.05, 4.69) is 15.5 Å². The average Bonchev–Trinajstić information content (AvgIpc) is 2.81. The minimum atomic E-state index is -1.06. The number of carboxylic acid groups (broad SMARTS) is 1. The Bertz CT molecular complexity index is 430. The van der Waals surface area contributed by atoms with Gasteiger partial charge in [0.05, 0.1) is 5.41 Å². The van der Waals surface area contributed by atoms with Gasteiger partial charge in [-0.25, -0.2) is 0 Å². The summed E-state index contributed by atoms with van der Waals surface area (Å²) in [5, 5.41) is 15.3. The second-order valence-electron chi connectivity index (χ2n) is 4.99. The fourth-order valence-corrected chi connectivity index (χ4v) is 1.54. The Morgan fingerprint density at radius 1 is 1.53 bits per heavy atom. The molecule has 0 aromatic carbocycles. The van der Waals surface area contributed by atoms with Crippen LogP contribution in [0.25, 0.3) is 0 Å². The minimum absolute atomic E-state index is 0.0518. The monoisotopic (exact) mass is 269 g/mol. The van der Waals surface area contributed by atoms with Crippen molar-refractivity contribution in [1.82, 2.24) is 15.5 Å². The Hall–Kier alpha value is -1.92. The van der Waals surface area contributed by atoms with Crippen LogP contribution in [0.5, 0.6) is 0 Å². The second-order valence-corrected chi connectivity index (χ2v) is 4.99. The first-order chi connectivity index (χ1) is 8.86. The van der Waals surface area contributed by atoms with Gasteiger partial charge in [0.15, 0.2) is 6.33 Å². The van der Waals surface area contributed by atoms with Gasteiger partial charge in [-0.3, -0.25) is 9.59 Å². The Morgan fingerprint density at radius 3 is 2.68 bits per heavy atom. The van der Waals surface area contributed by atoms with E-state index in [0.29, 0.717) is 18.9 Å². The second kappa shape index (κ2) is 6.31. The van der Waals surface area contributed by atoms with Crippen LogP contribution in [0, 0.1) is 11.3 Å². The summed E-state index contributed by atoms with van der Waals surface area (Å²) < 4.78 is 4.79. The summed E-state index contributed by atoms with van der Waals surface area (Å²) in [5.41, 5.74) is -1.06. The first-order valence-corrected chi connectivity index (χ1v) is 6.12. The number of aliphatic carboxylic acids is 1. The fraction of sp³-hybridized carbons (Fsp3) is 0.667. The maximum Gasteiger partial charge on any atom is 0.310 e. The number of nitrogens with one attached hydrogen (secondary N) is 1. The first-order valence-electron chi connectivity index (χ1n) is 6.12. The van der Waals surface area contributed by atoms with Crippen molar-refractivity contribution >= 4 is 11.9 Å². The summed E-state index contributed by atoms with van der Waals surface area (Å²) in [6.45, 7) is 5.51. The highest BCUT2D eigenvalue weighted by molar-refractivity contribution is 5.84. The summed E-state index contributed by atoms with van der Waals surface area (Å²) in [6, 6.07) is 0. The molecule has 0 saturated carbocycles. The van der Waals surface area contributed by atoms with Gasteiger partial charge in [0.2, 0.25) is 11.8 Å². The third kappa shape index (κ3) is 4.04. The highest BCUT2D eigenvalue weighted by Gasteiger charge is 2.38. The van der Waals surface area contributed by atoms with E-state index in [-0.39, 0.29) is 18.2 Å².